The zero-order valence-corrected chi connectivity index (χ0v) is 16.7. The molecule has 140 valence electrons. The predicted octanol–water partition coefficient (Wildman–Crippen LogP) is 2.75. The van der Waals surface area contributed by atoms with Crippen LogP contribution in [0.5, 0.6) is 0 Å². The van der Waals surface area contributed by atoms with E-state index < -0.39 is 0 Å². The Morgan fingerprint density at radius 2 is 1.92 bits per heavy atom. The van der Waals surface area contributed by atoms with Gasteiger partial charge in [-0.05, 0) is 40.0 Å². The van der Waals surface area contributed by atoms with Gasteiger partial charge in [-0.1, -0.05) is 23.9 Å². The standard InChI is InChI=1S/C19H27N5OS/c1-13-18(14(2)22-21-13)26-17-8-6-5-7-16(17)20-19(25)15(3)24-11-9-23(4)10-12-24/h5-8,15H,9-12H2,1-4H3,(H,20,25)(H,21,22)/t15-/m1/s1. The number of likely N-dealkylation sites (N-methyl/N-ethyl adjacent to an activating group) is 1. The van der Waals surface area contributed by atoms with Gasteiger partial charge in [0.25, 0.3) is 0 Å². The Kier molecular flexibility index (Phi) is 6.01. The summed E-state index contributed by atoms with van der Waals surface area (Å²) in [7, 11) is 2.12. The van der Waals surface area contributed by atoms with E-state index in [0.29, 0.717) is 0 Å². The number of amides is 1. The average molecular weight is 374 g/mol. The predicted molar refractivity (Wildman–Crippen MR) is 106 cm³/mol. The third kappa shape index (κ3) is 4.28. The van der Waals surface area contributed by atoms with Crippen LogP contribution in [0.25, 0.3) is 0 Å². The third-order valence-electron chi connectivity index (χ3n) is 4.88. The van der Waals surface area contributed by atoms with Gasteiger partial charge < -0.3 is 10.2 Å². The van der Waals surface area contributed by atoms with E-state index in [-0.39, 0.29) is 11.9 Å². The summed E-state index contributed by atoms with van der Waals surface area (Å²) in [4.78, 5) is 19.5. The maximum Gasteiger partial charge on any atom is 0.241 e. The zero-order chi connectivity index (χ0) is 18.7. The van der Waals surface area contributed by atoms with Crippen molar-refractivity contribution in [3.63, 3.8) is 0 Å². The molecule has 1 aromatic carbocycles. The van der Waals surface area contributed by atoms with Crippen LogP contribution in [0.3, 0.4) is 0 Å². The number of aromatic amines is 1. The number of piperazine rings is 1. The SMILES string of the molecule is Cc1n[nH]c(C)c1Sc1ccccc1NC(=O)[C@@H](C)N1CCN(C)CC1. The van der Waals surface area contributed by atoms with Crippen molar-refractivity contribution >= 4 is 23.4 Å². The minimum Gasteiger partial charge on any atom is -0.324 e. The van der Waals surface area contributed by atoms with Gasteiger partial charge in [-0.2, -0.15) is 5.10 Å². The molecule has 2 N–H and O–H groups in total. The summed E-state index contributed by atoms with van der Waals surface area (Å²) >= 11 is 1.63. The highest BCUT2D eigenvalue weighted by molar-refractivity contribution is 7.99. The van der Waals surface area contributed by atoms with Gasteiger partial charge in [0.15, 0.2) is 0 Å². The van der Waals surface area contributed by atoms with Crippen molar-refractivity contribution in [2.75, 3.05) is 38.5 Å². The molecule has 1 fully saturated rings. The topological polar surface area (TPSA) is 64.3 Å². The van der Waals surface area contributed by atoms with Crippen molar-refractivity contribution in [3.05, 3.63) is 35.7 Å². The molecule has 1 saturated heterocycles. The largest absolute Gasteiger partial charge is 0.324 e. The highest BCUT2D eigenvalue weighted by atomic mass is 32.2. The number of aromatic nitrogens is 2. The van der Waals surface area contributed by atoms with Crippen molar-refractivity contribution in [1.29, 1.82) is 0 Å². The average Bonchev–Trinajstić information content (AvgIpc) is 2.95. The van der Waals surface area contributed by atoms with E-state index in [0.717, 1.165) is 53.0 Å². The number of nitrogens with zero attached hydrogens (tertiary/aromatic N) is 3. The van der Waals surface area contributed by atoms with E-state index in [9.17, 15) is 4.79 Å². The Morgan fingerprint density at radius 1 is 1.23 bits per heavy atom. The minimum atomic E-state index is -0.140. The molecule has 26 heavy (non-hydrogen) atoms. The molecule has 2 heterocycles. The molecule has 1 atom stereocenters. The second-order valence-corrected chi connectivity index (χ2v) is 7.92. The molecular weight excluding hydrogens is 346 g/mol. The number of H-pyrrole nitrogens is 1. The minimum absolute atomic E-state index is 0.0447. The molecule has 0 aliphatic carbocycles. The first-order valence-electron chi connectivity index (χ1n) is 8.97. The molecule has 1 aliphatic heterocycles. The molecule has 1 aliphatic rings. The number of nitrogens with one attached hydrogen (secondary N) is 2. The van der Waals surface area contributed by atoms with E-state index >= 15 is 0 Å². The number of aryl methyl sites for hydroxylation is 2. The smallest absolute Gasteiger partial charge is 0.241 e. The van der Waals surface area contributed by atoms with Gasteiger partial charge >= 0.3 is 0 Å². The molecule has 6 nitrogen and oxygen atoms in total. The molecule has 0 bridgehead atoms. The normalized spacial score (nSPS) is 17.2. The van der Waals surface area contributed by atoms with Gasteiger partial charge in [-0.15, -0.1) is 0 Å². The fourth-order valence-electron chi connectivity index (χ4n) is 3.07. The molecule has 0 spiro atoms. The summed E-state index contributed by atoms with van der Waals surface area (Å²) in [6.45, 7) is 9.85. The van der Waals surface area contributed by atoms with Gasteiger partial charge in [-0.3, -0.25) is 14.8 Å². The van der Waals surface area contributed by atoms with E-state index in [1.165, 1.54) is 0 Å². The number of hydrogen-bond donors (Lipinski definition) is 2. The van der Waals surface area contributed by atoms with E-state index in [2.05, 4.69) is 32.4 Å². The van der Waals surface area contributed by atoms with Gasteiger partial charge in [0.1, 0.15) is 0 Å². The Bertz CT molecular complexity index is 748. The van der Waals surface area contributed by atoms with Crippen LogP contribution in [0.1, 0.15) is 18.3 Å². The first-order chi connectivity index (χ1) is 12.5. The molecule has 0 saturated carbocycles. The lowest BCUT2D eigenvalue weighted by Gasteiger charge is -2.35. The lowest BCUT2D eigenvalue weighted by atomic mass is 10.2. The van der Waals surface area contributed by atoms with Gasteiger partial charge in [0.2, 0.25) is 5.91 Å². The maximum absolute atomic E-state index is 12.8. The Hall–Kier alpha value is -1.83. The van der Waals surface area contributed by atoms with Crippen LogP contribution in [0.15, 0.2) is 34.1 Å². The summed E-state index contributed by atoms with van der Waals surface area (Å²) < 4.78 is 0. The first kappa shape index (κ1) is 18.9. The van der Waals surface area contributed by atoms with Crippen molar-refractivity contribution in [3.8, 4) is 0 Å². The summed E-state index contributed by atoms with van der Waals surface area (Å²) in [5, 5.41) is 10.4. The number of carbonyl (C=O) groups excluding carboxylic acids is 1. The lowest BCUT2D eigenvalue weighted by Crippen LogP contribution is -2.51. The highest BCUT2D eigenvalue weighted by Gasteiger charge is 2.25. The third-order valence-corrected chi connectivity index (χ3v) is 6.26. The Balaban J connectivity index is 1.71. The van der Waals surface area contributed by atoms with Crippen LogP contribution >= 0.6 is 11.8 Å². The van der Waals surface area contributed by atoms with Crippen molar-refractivity contribution in [2.45, 2.75) is 36.6 Å². The summed E-state index contributed by atoms with van der Waals surface area (Å²) in [6.07, 6.45) is 0. The number of rotatable bonds is 5. The quantitative estimate of drug-likeness (QED) is 0.844. The summed E-state index contributed by atoms with van der Waals surface area (Å²) in [5.74, 6) is 0.0447. The first-order valence-corrected chi connectivity index (χ1v) is 9.79. The maximum atomic E-state index is 12.8. The summed E-state index contributed by atoms with van der Waals surface area (Å²) in [6, 6.07) is 7.80. The van der Waals surface area contributed by atoms with Gasteiger partial charge in [-0.25, -0.2) is 0 Å². The van der Waals surface area contributed by atoms with E-state index in [1.54, 1.807) is 11.8 Å². The van der Waals surface area contributed by atoms with Crippen LogP contribution < -0.4 is 5.32 Å². The molecule has 1 amide bonds. The monoisotopic (exact) mass is 373 g/mol. The number of anilines is 1. The highest BCUT2D eigenvalue weighted by Crippen LogP contribution is 2.36. The van der Waals surface area contributed by atoms with Crippen molar-refractivity contribution in [2.24, 2.45) is 0 Å². The molecule has 7 heteroatoms. The lowest BCUT2D eigenvalue weighted by molar-refractivity contribution is -0.121. The summed E-state index contributed by atoms with van der Waals surface area (Å²) in [5.41, 5.74) is 2.86. The van der Waals surface area contributed by atoms with Gasteiger partial charge in [0.05, 0.1) is 22.3 Å². The second-order valence-electron chi connectivity index (χ2n) is 6.87. The van der Waals surface area contributed by atoms with Crippen LogP contribution in [0.2, 0.25) is 0 Å². The van der Waals surface area contributed by atoms with Crippen molar-refractivity contribution < 1.29 is 4.79 Å². The molecule has 0 unspecified atom stereocenters. The number of carbonyl (C=O) groups is 1. The molecule has 1 aromatic heterocycles. The Labute approximate surface area is 159 Å². The van der Waals surface area contributed by atoms with Crippen LogP contribution in [-0.4, -0.2) is 65.2 Å². The number of benzene rings is 1. The fourth-order valence-corrected chi connectivity index (χ4v) is 4.06. The van der Waals surface area contributed by atoms with Crippen LogP contribution in [0, 0.1) is 13.8 Å². The number of hydrogen-bond acceptors (Lipinski definition) is 5. The van der Waals surface area contributed by atoms with E-state index in [1.807, 2.05) is 45.0 Å². The van der Waals surface area contributed by atoms with Crippen molar-refractivity contribution in [1.82, 2.24) is 20.0 Å². The molecule has 0 radical (unpaired) electrons. The molecule has 3 rings (SSSR count). The van der Waals surface area contributed by atoms with Gasteiger partial charge in [0, 0.05) is 36.8 Å². The fraction of sp³-hybridized carbons (Fsp3) is 0.474. The Morgan fingerprint density at radius 3 is 2.58 bits per heavy atom. The zero-order valence-electron chi connectivity index (χ0n) is 15.9. The number of para-hydroxylation sites is 1. The van der Waals surface area contributed by atoms with Crippen LogP contribution in [-0.2, 0) is 4.79 Å². The molecule has 2 aromatic rings. The van der Waals surface area contributed by atoms with E-state index in [4.69, 9.17) is 0 Å². The molecular formula is C19H27N5OS. The van der Waals surface area contributed by atoms with Crippen LogP contribution in [0.4, 0.5) is 5.69 Å². The second kappa shape index (κ2) is 8.24.